The fourth-order valence-corrected chi connectivity index (χ4v) is 4.18. The molecule has 9 nitrogen and oxygen atoms in total. The number of carbonyl (C=O) groups excluding carboxylic acids is 2. The molecule has 1 heterocycles. The van der Waals surface area contributed by atoms with Gasteiger partial charge in [0.25, 0.3) is 5.56 Å². The van der Waals surface area contributed by atoms with E-state index in [0.29, 0.717) is 33.2 Å². The molecule has 10 heteroatoms. The summed E-state index contributed by atoms with van der Waals surface area (Å²) in [4.78, 5) is 42.6. The molecule has 2 aromatic carbocycles. The van der Waals surface area contributed by atoms with Gasteiger partial charge in [-0.3, -0.25) is 19.5 Å². The van der Waals surface area contributed by atoms with Gasteiger partial charge >= 0.3 is 6.03 Å². The zero-order valence-electron chi connectivity index (χ0n) is 18.5. The van der Waals surface area contributed by atoms with Crippen LogP contribution >= 0.6 is 11.8 Å². The number of rotatable bonds is 7. The lowest BCUT2D eigenvalue weighted by Gasteiger charge is -2.17. The van der Waals surface area contributed by atoms with Crippen molar-refractivity contribution >= 4 is 34.6 Å². The highest BCUT2D eigenvalue weighted by molar-refractivity contribution is 8.00. The maximum Gasteiger partial charge on any atom is 0.321 e. The normalized spacial score (nSPS) is 13.9. The summed E-state index contributed by atoms with van der Waals surface area (Å²) in [5.74, 6) is 0.500. The number of hydrogen-bond donors (Lipinski definition) is 2. The van der Waals surface area contributed by atoms with Gasteiger partial charge in [0.2, 0.25) is 5.91 Å². The summed E-state index contributed by atoms with van der Waals surface area (Å²) in [5.41, 5.74) is 0.743. The molecule has 0 unspecified atom stereocenters. The number of nitrogens with zero attached hydrogens (tertiary/aromatic N) is 2. The molecule has 2 N–H and O–H groups in total. The minimum Gasteiger partial charge on any atom is -0.493 e. The van der Waals surface area contributed by atoms with Crippen LogP contribution in [0.5, 0.6) is 11.5 Å². The number of para-hydroxylation sites is 1. The molecule has 1 fully saturated rings. The number of carbonyl (C=O) groups is 2. The summed E-state index contributed by atoms with van der Waals surface area (Å²) < 4.78 is 12.1. The average molecular weight is 469 g/mol. The van der Waals surface area contributed by atoms with Crippen molar-refractivity contribution in [2.45, 2.75) is 36.2 Å². The highest BCUT2D eigenvalue weighted by Crippen LogP contribution is 2.31. The topological polar surface area (TPSA) is 112 Å². The first-order chi connectivity index (χ1) is 15.9. The number of thioether (sulfide) groups is 1. The molecule has 1 aliphatic carbocycles. The van der Waals surface area contributed by atoms with Crippen molar-refractivity contribution in [1.82, 2.24) is 20.2 Å². The minimum atomic E-state index is -0.686. The second-order valence-electron chi connectivity index (χ2n) is 7.59. The number of imide groups is 1. The van der Waals surface area contributed by atoms with E-state index in [-0.39, 0.29) is 11.6 Å². The molecule has 0 aliphatic heterocycles. The number of fused-ring (bicyclic) bond motifs is 1. The van der Waals surface area contributed by atoms with Gasteiger partial charge in [-0.2, -0.15) is 0 Å². The molecule has 0 bridgehead atoms. The van der Waals surface area contributed by atoms with E-state index in [0.717, 1.165) is 24.6 Å². The zero-order chi connectivity index (χ0) is 23.5. The highest BCUT2D eigenvalue weighted by Gasteiger charge is 2.26. The number of methoxy groups -OCH3 is 2. The van der Waals surface area contributed by atoms with Crippen LogP contribution in [0.25, 0.3) is 16.6 Å². The van der Waals surface area contributed by atoms with E-state index < -0.39 is 17.2 Å². The van der Waals surface area contributed by atoms with Crippen LogP contribution in [0.15, 0.2) is 52.4 Å². The van der Waals surface area contributed by atoms with Crippen LogP contribution in [0.3, 0.4) is 0 Å². The van der Waals surface area contributed by atoms with Crippen molar-refractivity contribution < 1.29 is 19.1 Å². The zero-order valence-corrected chi connectivity index (χ0v) is 19.3. The van der Waals surface area contributed by atoms with Gasteiger partial charge < -0.3 is 14.8 Å². The average Bonchev–Trinajstić information content (AvgIpc) is 3.62. The van der Waals surface area contributed by atoms with E-state index in [1.165, 1.54) is 18.8 Å². The molecule has 1 atom stereocenters. The molecule has 1 aliphatic rings. The first-order valence-electron chi connectivity index (χ1n) is 10.4. The van der Waals surface area contributed by atoms with Gasteiger partial charge in [-0.1, -0.05) is 23.9 Å². The van der Waals surface area contributed by atoms with Crippen molar-refractivity contribution in [1.29, 1.82) is 0 Å². The SMILES string of the molecule is COc1ccc(-n2c(S[C@H](C)C(=O)NC(=O)NC3CC3)nc3ccccc3c2=O)cc1OC. The molecule has 0 saturated heterocycles. The number of urea groups is 1. The summed E-state index contributed by atoms with van der Waals surface area (Å²) in [7, 11) is 3.04. The largest absolute Gasteiger partial charge is 0.493 e. The predicted octanol–water partition coefficient (Wildman–Crippen LogP) is 2.87. The standard InChI is InChI=1S/C23H24N4O5S/c1-13(20(28)26-22(30)24-14-8-9-14)33-23-25-17-7-5-4-6-16(17)21(29)27(23)15-10-11-18(31-2)19(12-15)32-3/h4-7,10-14H,8-9H2,1-3H3,(H2,24,26,28,30)/t13-/m1/s1. The van der Waals surface area contributed by atoms with Crippen LogP contribution in [0.1, 0.15) is 19.8 Å². The Morgan fingerprint density at radius 3 is 2.55 bits per heavy atom. The third-order valence-corrected chi connectivity index (χ3v) is 6.22. The number of aromatic nitrogens is 2. The molecule has 33 heavy (non-hydrogen) atoms. The summed E-state index contributed by atoms with van der Waals surface area (Å²) in [6, 6.07) is 11.7. The Labute approximate surface area is 194 Å². The third kappa shape index (κ3) is 4.95. The lowest BCUT2D eigenvalue weighted by atomic mass is 10.2. The van der Waals surface area contributed by atoms with Gasteiger partial charge in [-0.15, -0.1) is 0 Å². The Morgan fingerprint density at radius 2 is 1.85 bits per heavy atom. The molecule has 0 radical (unpaired) electrons. The second kappa shape index (κ2) is 9.53. The summed E-state index contributed by atoms with van der Waals surface area (Å²) in [6.07, 6.45) is 1.84. The minimum absolute atomic E-state index is 0.137. The Bertz CT molecular complexity index is 1270. The van der Waals surface area contributed by atoms with Crippen molar-refractivity contribution in [3.05, 3.63) is 52.8 Å². The molecule has 172 valence electrons. The van der Waals surface area contributed by atoms with E-state index in [1.807, 2.05) is 0 Å². The van der Waals surface area contributed by atoms with Gasteiger partial charge in [0.15, 0.2) is 16.7 Å². The maximum atomic E-state index is 13.4. The van der Waals surface area contributed by atoms with Crippen molar-refractivity contribution in [2.24, 2.45) is 0 Å². The smallest absolute Gasteiger partial charge is 0.321 e. The lowest BCUT2D eigenvalue weighted by Crippen LogP contribution is -2.43. The summed E-state index contributed by atoms with van der Waals surface area (Å²) in [6.45, 7) is 1.66. The summed E-state index contributed by atoms with van der Waals surface area (Å²) in [5, 5.41) is 5.15. The quantitative estimate of drug-likeness (QED) is 0.405. The van der Waals surface area contributed by atoms with Gasteiger partial charge in [0, 0.05) is 12.1 Å². The lowest BCUT2D eigenvalue weighted by molar-refractivity contribution is -0.119. The third-order valence-electron chi connectivity index (χ3n) is 5.17. The van der Waals surface area contributed by atoms with E-state index in [2.05, 4.69) is 15.6 Å². The Balaban J connectivity index is 1.71. The van der Waals surface area contributed by atoms with E-state index in [9.17, 15) is 14.4 Å². The van der Waals surface area contributed by atoms with Gasteiger partial charge in [-0.05, 0) is 44.0 Å². The van der Waals surface area contributed by atoms with Crippen LogP contribution in [-0.2, 0) is 4.79 Å². The van der Waals surface area contributed by atoms with Crippen LogP contribution in [0.2, 0.25) is 0 Å². The molecule has 3 amide bonds. The van der Waals surface area contributed by atoms with Gasteiger partial charge in [-0.25, -0.2) is 9.78 Å². The fraction of sp³-hybridized carbons (Fsp3) is 0.304. The fourth-order valence-electron chi connectivity index (χ4n) is 3.26. The van der Waals surface area contributed by atoms with Gasteiger partial charge in [0.1, 0.15) is 0 Å². The van der Waals surface area contributed by atoms with Crippen LogP contribution in [-0.4, -0.2) is 47.0 Å². The molecule has 4 rings (SSSR count). The maximum absolute atomic E-state index is 13.4. The van der Waals surface area contributed by atoms with E-state index in [4.69, 9.17) is 9.47 Å². The Kier molecular flexibility index (Phi) is 6.55. The monoisotopic (exact) mass is 468 g/mol. The molecule has 3 aromatic rings. The number of benzene rings is 2. The van der Waals surface area contributed by atoms with Gasteiger partial charge in [0.05, 0.1) is 36.1 Å². The van der Waals surface area contributed by atoms with Crippen molar-refractivity contribution in [2.75, 3.05) is 14.2 Å². The second-order valence-corrected chi connectivity index (χ2v) is 8.90. The van der Waals surface area contributed by atoms with Crippen LogP contribution < -0.4 is 25.7 Å². The van der Waals surface area contributed by atoms with Crippen LogP contribution in [0, 0.1) is 0 Å². The molecular formula is C23H24N4O5S. The number of nitrogens with one attached hydrogen (secondary N) is 2. The first-order valence-corrected chi connectivity index (χ1v) is 11.3. The molecule has 0 spiro atoms. The number of hydrogen-bond acceptors (Lipinski definition) is 7. The molecule has 1 saturated carbocycles. The van der Waals surface area contributed by atoms with E-state index >= 15 is 0 Å². The molecular weight excluding hydrogens is 444 g/mol. The Morgan fingerprint density at radius 1 is 1.12 bits per heavy atom. The van der Waals surface area contributed by atoms with Crippen molar-refractivity contribution in [3.63, 3.8) is 0 Å². The predicted molar refractivity (Wildman–Crippen MR) is 125 cm³/mol. The number of amides is 3. The highest BCUT2D eigenvalue weighted by atomic mass is 32.2. The van der Waals surface area contributed by atoms with Crippen molar-refractivity contribution in [3.8, 4) is 17.2 Å². The number of ether oxygens (including phenoxy) is 2. The molecule has 1 aromatic heterocycles. The first kappa shape index (κ1) is 22.7. The van der Waals surface area contributed by atoms with Crippen LogP contribution in [0.4, 0.5) is 4.79 Å². The Hall–Kier alpha value is -3.53. The van der Waals surface area contributed by atoms with E-state index in [1.54, 1.807) is 49.4 Å². The summed E-state index contributed by atoms with van der Waals surface area (Å²) >= 11 is 1.09.